The number of aliphatic carboxylic acids is 1. The van der Waals surface area contributed by atoms with Crippen molar-refractivity contribution in [3.63, 3.8) is 0 Å². The van der Waals surface area contributed by atoms with Crippen molar-refractivity contribution >= 4 is 47.7 Å². The van der Waals surface area contributed by atoms with E-state index in [9.17, 15) is 9.59 Å². The lowest BCUT2D eigenvalue weighted by atomic mass is 10.0. The van der Waals surface area contributed by atoms with E-state index in [1.165, 1.54) is 6.92 Å². The molecule has 0 heterocycles. The van der Waals surface area contributed by atoms with Crippen molar-refractivity contribution in [3.8, 4) is 0 Å². The number of hydrogen-bond acceptors (Lipinski definition) is 3. The monoisotopic (exact) mass is 257 g/mol. The van der Waals surface area contributed by atoms with E-state index in [0.29, 0.717) is 0 Å². The van der Waals surface area contributed by atoms with Crippen molar-refractivity contribution in [1.82, 2.24) is 5.32 Å². The summed E-state index contributed by atoms with van der Waals surface area (Å²) in [4.78, 5) is 21.7. The first-order valence-electron chi connectivity index (χ1n) is 3.51. The fourth-order valence-corrected chi connectivity index (χ4v) is 1.48. The minimum atomic E-state index is -1.66. The van der Waals surface area contributed by atoms with E-state index in [4.69, 9.17) is 28.3 Å². The van der Waals surface area contributed by atoms with Gasteiger partial charge in [-0.15, -0.1) is 0 Å². The lowest BCUT2D eigenvalue weighted by Crippen LogP contribution is -2.54. The van der Waals surface area contributed by atoms with Crippen LogP contribution in [0, 0.1) is 0 Å². The Balaban J connectivity index is 5.08. The molecule has 0 aromatic carbocycles. The zero-order valence-corrected chi connectivity index (χ0v) is 9.66. The highest BCUT2D eigenvalue weighted by Crippen LogP contribution is 2.17. The van der Waals surface area contributed by atoms with Crippen molar-refractivity contribution in [2.45, 2.75) is 12.5 Å². The van der Waals surface area contributed by atoms with Crippen LogP contribution in [0.2, 0.25) is 0 Å². The summed E-state index contributed by atoms with van der Waals surface area (Å²) >= 11 is 14.5. The number of carbonyl (C=O) groups is 2. The SMILES string of the molecule is CC(=O)N[C@@](C=C(Cl)Cl)(CS)C(=O)O. The van der Waals surface area contributed by atoms with E-state index < -0.39 is 17.4 Å². The van der Waals surface area contributed by atoms with Crippen LogP contribution in [0.1, 0.15) is 6.92 Å². The van der Waals surface area contributed by atoms with Gasteiger partial charge in [0.1, 0.15) is 4.49 Å². The molecule has 14 heavy (non-hydrogen) atoms. The van der Waals surface area contributed by atoms with Gasteiger partial charge in [-0.25, -0.2) is 4.79 Å². The molecule has 0 aliphatic carbocycles. The van der Waals surface area contributed by atoms with Crippen LogP contribution in [0.15, 0.2) is 10.6 Å². The Hall–Kier alpha value is -0.390. The fraction of sp³-hybridized carbons (Fsp3) is 0.429. The third-order valence-corrected chi connectivity index (χ3v) is 2.10. The Morgan fingerprint density at radius 3 is 2.29 bits per heavy atom. The van der Waals surface area contributed by atoms with Crippen LogP contribution in [0.5, 0.6) is 0 Å². The number of halogens is 2. The first-order chi connectivity index (χ1) is 6.34. The maximum Gasteiger partial charge on any atom is 0.334 e. The molecule has 4 nitrogen and oxygen atoms in total. The van der Waals surface area contributed by atoms with E-state index >= 15 is 0 Å². The molecule has 0 unspecified atom stereocenters. The summed E-state index contributed by atoms with van der Waals surface area (Å²) in [5.74, 6) is -1.93. The summed E-state index contributed by atoms with van der Waals surface area (Å²) in [6, 6.07) is 0. The van der Waals surface area contributed by atoms with E-state index in [0.717, 1.165) is 6.08 Å². The highest BCUT2D eigenvalue weighted by Gasteiger charge is 2.36. The summed E-state index contributed by atoms with van der Waals surface area (Å²) in [6.07, 6.45) is 1.02. The van der Waals surface area contributed by atoms with Gasteiger partial charge in [-0.3, -0.25) is 4.79 Å². The van der Waals surface area contributed by atoms with Gasteiger partial charge in [-0.1, -0.05) is 23.2 Å². The zero-order valence-electron chi connectivity index (χ0n) is 7.25. The summed E-state index contributed by atoms with van der Waals surface area (Å²) in [5, 5.41) is 11.1. The van der Waals surface area contributed by atoms with Crippen molar-refractivity contribution in [3.05, 3.63) is 10.6 Å². The molecule has 1 atom stereocenters. The molecular formula is C7H9Cl2NO3S. The maximum absolute atomic E-state index is 10.9. The smallest absolute Gasteiger partial charge is 0.334 e. The molecule has 0 aromatic heterocycles. The third kappa shape index (κ3) is 3.77. The molecule has 80 valence electrons. The van der Waals surface area contributed by atoms with Crippen LogP contribution in [-0.4, -0.2) is 28.3 Å². The number of nitrogens with one attached hydrogen (secondary N) is 1. The average Bonchev–Trinajstić information content (AvgIpc) is 2.00. The largest absolute Gasteiger partial charge is 0.479 e. The second kappa shape index (κ2) is 5.48. The first kappa shape index (κ1) is 13.6. The van der Waals surface area contributed by atoms with Crippen molar-refractivity contribution in [1.29, 1.82) is 0 Å². The third-order valence-electron chi connectivity index (χ3n) is 1.39. The van der Waals surface area contributed by atoms with Crippen LogP contribution < -0.4 is 5.32 Å². The van der Waals surface area contributed by atoms with Crippen molar-refractivity contribution in [2.24, 2.45) is 0 Å². The van der Waals surface area contributed by atoms with Gasteiger partial charge in [-0.05, 0) is 6.08 Å². The molecule has 0 bridgehead atoms. The number of carbonyl (C=O) groups excluding carboxylic acids is 1. The summed E-state index contributed by atoms with van der Waals surface area (Å²) in [5.41, 5.74) is -1.66. The second-order valence-corrected chi connectivity index (χ2v) is 3.87. The molecule has 0 aliphatic rings. The standard InChI is InChI=1S/C7H9Cl2NO3S/c1-4(11)10-7(3-14,6(12)13)2-5(8)9/h2,14H,3H2,1H3,(H,10,11)(H,12,13)/t7-/m0/s1. The quantitative estimate of drug-likeness (QED) is 0.664. The van der Waals surface area contributed by atoms with Gasteiger partial charge >= 0.3 is 5.97 Å². The minimum Gasteiger partial charge on any atom is -0.479 e. The summed E-state index contributed by atoms with van der Waals surface area (Å²) in [6.45, 7) is 1.19. The van der Waals surface area contributed by atoms with Gasteiger partial charge in [0.2, 0.25) is 5.91 Å². The molecule has 7 heteroatoms. The Morgan fingerprint density at radius 1 is 1.57 bits per heavy atom. The highest BCUT2D eigenvalue weighted by molar-refractivity contribution is 7.80. The number of hydrogen-bond donors (Lipinski definition) is 3. The van der Waals surface area contributed by atoms with E-state index in [-0.39, 0.29) is 10.2 Å². The molecule has 0 radical (unpaired) electrons. The summed E-state index contributed by atoms with van der Waals surface area (Å²) < 4.78 is -0.241. The fourth-order valence-electron chi connectivity index (χ4n) is 0.804. The normalized spacial score (nSPS) is 14.0. The lowest BCUT2D eigenvalue weighted by molar-refractivity contribution is -0.144. The topological polar surface area (TPSA) is 66.4 Å². The van der Waals surface area contributed by atoms with Gasteiger partial charge < -0.3 is 10.4 Å². The molecule has 1 amide bonds. The van der Waals surface area contributed by atoms with E-state index in [1.54, 1.807) is 0 Å². The number of thiol groups is 1. The molecule has 0 aromatic rings. The Bertz CT molecular complexity index is 278. The van der Waals surface area contributed by atoms with Crippen LogP contribution >= 0.6 is 35.8 Å². The molecule has 0 rings (SSSR count). The molecule has 0 fully saturated rings. The Kier molecular flexibility index (Phi) is 5.33. The zero-order chi connectivity index (χ0) is 11.4. The summed E-state index contributed by atoms with van der Waals surface area (Å²) in [7, 11) is 0. The van der Waals surface area contributed by atoms with Crippen LogP contribution in [0.25, 0.3) is 0 Å². The van der Waals surface area contributed by atoms with Gasteiger partial charge in [0, 0.05) is 12.7 Å². The molecule has 0 spiro atoms. The van der Waals surface area contributed by atoms with E-state index in [2.05, 4.69) is 17.9 Å². The predicted octanol–water partition coefficient (Wildman–Crippen LogP) is 1.19. The van der Waals surface area contributed by atoms with Gasteiger partial charge in [-0.2, -0.15) is 12.6 Å². The number of rotatable bonds is 4. The van der Waals surface area contributed by atoms with Crippen LogP contribution in [-0.2, 0) is 9.59 Å². The first-order valence-corrected chi connectivity index (χ1v) is 4.90. The number of carboxylic acids is 1. The van der Waals surface area contributed by atoms with Crippen LogP contribution in [0.3, 0.4) is 0 Å². The van der Waals surface area contributed by atoms with Crippen LogP contribution in [0.4, 0.5) is 0 Å². The maximum atomic E-state index is 10.9. The van der Waals surface area contributed by atoms with Crippen molar-refractivity contribution in [2.75, 3.05) is 5.75 Å². The molecule has 0 aliphatic heterocycles. The van der Waals surface area contributed by atoms with Gasteiger partial charge in [0.25, 0.3) is 0 Å². The molecule has 2 N–H and O–H groups in total. The number of carboxylic acid groups (broad SMARTS) is 1. The lowest BCUT2D eigenvalue weighted by Gasteiger charge is -2.24. The predicted molar refractivity (Wildman–Crippen MR) is 57.8 cm³/mol. The minimum absolute atomic E-state index is 0.148. The molecular weight excluding hydrogens is 249 g/mol. The highest BCUT2D eigenvalue weighted by atomic mass is 35.5. The van der Waals surface area contributed by atoms with Gasteiger partial charge in [0.05, 0.1) is 0 Å². The van der Waals surface area contributed by atoms with Gasteiger partial charge in [0.15, 0.2) is 5.54 Å². The molecule has 0 saturated heterocycles. The van der Waals surface area contributed by atoms with Crippen molar-refractivity contribution < 1.29 is 14.7 Å². The van der Waals surface area contributed by atoms with E-state index in [1.807, 2.05) is 0 Å². The second-order valence-electron chi connectivity index (χ2n) is 2.55. The average molecular weight is 258 g/mol. The Morgan fingerprint density at radius 2 is 2.07 bits per heavy atom. The Labute approximate surface area is 96.7 Å². The molecule has 0 saturated carbocycles. The number of amides is 1.